The van der Waals surface area contributed by atoms with Crippen LogP contribution in [-0.4, -0.2) is 40.4 Å². The van der Waals surface area contributed by atoms with Crippen molar-refractivity contribution in [3.05, 3.63) is 59.9 Å². The zero-order valence-corrected chi connectivity index (χ0v) is 18.1. The Bertz CT molecular complexity index is 1080. The molecule has 0 bridgehead atoms. The van der Waals surface area contributed by atoms with Crippen LogP contribution in [0.1, 0.15) is 56.7 Å². The standard InChI is InChI=1S/C23H28N8/c1-3-5-6-14-31-22(25-21(28-31)7-4-2)15-17-8-10-18(11-9-17)19-12-13-24-16-20(19)23-26-29-30-27-23/h8-13,16H,3-7,14-15H2,1-2H3,(H,26,27,29,30). The number of aromatic amines is 1. The quantitative estimate of drug-likeness (QED) is 0.388. The lowest BCUT2D eigenvalue weighted by Crippen LogP contribution is -2.07. The molecule has 4 aromatic rings. The maximum Gasteiger partial charge on any atom is 0.206 e. The van der Waals surface area contributed by atoms with Gasteiger partial charge in [-0.2, -0.15) is 10.3 Å². The first-order valence-corrected chi connectivity index (χ1v) is 11.0. The number of aryl methyl sites for hydroxylation is 2. The molecule has 160 valence electrons. The number of benzene rings is 1. The van der Waals surface area contributed by atoms with E-state index in [1.807, 2.05) is 6.07 Å². The first kappa shape index (κ1) is 20.8. The van der Waals surface area contributed by atoms with E-state index in [-0.39, 0.29) is 0 Å². The molecule has 8 heteroatoms. The van der Waals surface area contributed by atoms with E-state index in [0.29, 0.717) is 5.82 Å². The maximum absolute atomic E-state index is 4.82. The SMILES string of the molecule is CCCCCn1nc(CCC)nc1Cc1ccc(-c2ccncc2-c2nn[nH]n2)cc1. The van der Waals surface area contributed by atoms with E-state index in [9.17, 15) is 0 Å². The molecule has 1 N–H and O–H groups in total. The molecule has 4 rings (SSSR count). The molecular formula is C23H28N8. The normalized spacial score (nSPS) is 11.2. The van der Waals surface area contributed by atoms with Gasteiger partial charge < -0.3 is 0 Å². The summed E-state index contributed by atoms with van der Waals surface area (Å²) in [4.78, 5) is 9.04. The lowest BCUT2D eigenvalue weighted by molar-refractivity contribution is 0.531. The Balaban J connectivity index is 1.55. The highest BCUT2D eigenvalue weighted by Crippen LogP contribution is 2.29. The first-order chi connectivity index (χ1) is 15.3. The second-order valence-corrected chi connectivity index (χ2v) is 7.65. The van der Waals surface area contributed by atoms with E-state index in [2.05, 4.69) is 68.4 Å². The van der Waals surface area contributed by atoms with E-state index in [4.69, 9.17) is 10.1 Å². The minimum absolute atomic E-state index is 0.538. The second kappa shape index (κ2) is 10.1. The molecule has 1 aromatic carbocycles. The van der Waals surface area contributed by atoms with E-state index < -0.39 is 0 Å². The molecule has 0 radical (unpaired) electrons. The molecule has 0 unspecified atom stereocenters. The zero-order chi connectivity index (χ0) is 21.5. The van der Waals surface area contributed by atoms with E-state index in [0.717, 1.165) is 60.6 Å². The number of H-pyrrole nitrogens is 1. The number of hydrogen-bond donors (Lipinski definition) is 1. The van der Waals surface area contributed by atoms with Crippen LogP contribution < -0.4 is 0 Å². The number of nitrogens with one attached hydrogen (secondary N) is 1. The largest absolute Gasteiger partial charge is 0.264 e. The summed E-state index contributed by atoms with van der Waals surface area (Å²) in [6, 6.07) is 10.5. The van der Waals surface area contributed by atoms with Crippen molar-refractivity contribution in [3.63, 3.8) is 0 Å². The van der Waals surface area contributed by atoms with E-state index in [1.165, 1.54) is 18.4 Å². The van der Waals surface area contributed by atoms with Gasteiger partial charge in [0.05, 0.1) is 0 Å². The number of rotatable bonds is 10. The highest BCUT2D eigenvalue weighted by atomic mass is 15.5. The Morgan fingerprint density at radius 1 is 0.968 bits per heavy atom. The first-order valence-electron chi connectivity index (χ1n) is 11.0. The van der Waals surface area contributed by atoms with Gasteiger partial charge in [0.1, 0.15) is 5.82 Å². The van der Waals surface area contributed by atoms with Crippen molar-refractivity contribution in [2.45, 2.75) is 58.9 Å². The molecule has 0 saturated carbocycles. The van der Waals surface area contributed by atoms with Crippen molar-refractivity contribution in [2.75, 3.05) is 0 Å². The molecule has 3 heterocycles. The van der Waals surface area contributed by atoms with Gasteiger partial charge in [0.2, 0.25) is 5.82 Å². The average Bonchev–Trinajstić information content (AvgIpc) is 3.46. The van der Waals surface area contributed by atoms with Crippen molar-refractivity contribution in [3.8, 4) is 22.5 Å². The number of aromatic nitrogens is 8. The summed E-state index contributed by atoms with van der Waals surface area (Å²) in [5.41, 5.74) is 4.17. The third kappa shape index (κ3) is 5.02. The monoisotopic (exact) mass is 416 g/mol. The summed E-state index contributed by atoms with van der Waals surface area (Å²) in [6.07, 6.45) is 9.85. The summed E-state index contributed by atoms with van der Waals surface area (Å²) in [6.45, 7) is 5.32. The van der Waals surface area contributed by atoms with Crippen LogP contribution in [0.4, 0.5) is 0 Å². The molecular weight excluding hydrogens is 388 g/mol. The van der Waals surface area contributed by atoms with Gasteiger partial charge in [-0.25, -0.2) is 9.67 Å². The van der Waals surface area contributed by atoms with Crippen LogP contribution in [0.25, 0.3) is 22.5 Å². The maximum atomic E-state index is 4.82. The number of hydrogen-bond acceptors (Lipinski definition) is 6. The molecule has 0 spiro atoms. The van der Waals surface area contributed by atoms with Crippen LogP contribution in [0.5, 0.6) is 0 Å². The van der Waals surface area contributed by atoms with Gasteiger partial charge >= 0.3 is 0 Å². The Kier molecular flexibility index (Phi) is 6.76. The zero-order valence-electron chi connectivity index (χ0n) is 18.1. The lowest BCUT2D eigenvalue weighted by Gasteiger charge is -2.08. The van der Waals surface area contributed by atoms with Gasteiger partial charge in [0, 0.05) is 37.3 Å². The third-order valence-electron chi connectivity index (χ3n) is 5.27. The Labute approximate surface area is 182 Å². The molecule has 0 amide bonds. The average molecular weight is 417 g/mol. The van der Waals surface area contributed by atoms with Crippen molar-refractivity contribution in [1.82, 2.24) is 40.4 Å². The molecule has 8 nitrogen and oxygen atoms in total. The number of pyridine rings is 1. The predicted octanol–water partition coefficient (Wildman–Crippen LogP) is 4.25. The van der Waals surface area contributed by atoms with Gasteiger partial charge in [0.15, 0.2) is 5.82 Å². The Hall–Kier alpha value is -3.42. The summed E-state index contributed by atoms with van der Waals surface area (Å²) in [5.74, 6) is 2.53. The van der Waals surface area contributed by atoms with E-state index in [1.54, 1.807) is 12.4 Å². The fourth-order valence-electron chi connectivity index (χ4n) is 3.66. The van der Waals surface area contributed by atoms with Gasteiger partial charge in [-0.3, -0.25) is 4.98 Å². The van der Waals surface area contributed by atoms with Crippen LogP contribution in [0.15, 0.2) is 42.7 Å². The number of unbranched alkanes of at least 4 members (excludes halogenated alkanes) is 2. The molecule has 0 saturated heterocycles. The van der Waals surface area contributed by atoms with Crippen molar-refractivity contribution in [2.24, 2.45) is 0 Å². The van der Waals surface area contributed by atoms with E-state index >= 15 is 0 Å². The summed E-state index contributed by atoms with van der Waals surface area (Å²) in [7, 11) is 0. The Morgan fingerprint density at radius 3 is 2.58 bits per heavy atom. The van der Waals surface area contributed by atoms with Gasteiger partial charge in [0.25, 0.3) is 0 Å². The molecule has 0 aliphatic heterocycles. The molecule has 0 aliphatic carbocycles. The highest BCUT2D eigenvalue weighted by molar-refractivity contribution is 5.79. The Morgan fingerprint density at radius 2 is 1.84 bits per heavy atom. The smallest absolute Gasteiger partial charge is 0.206 e. The highest BCUT2D eigenvalue weighted by Gasteiger charge is 2.13. The van der Waals surface area contributed by atoms with Gasteiger partial charge in [-0.15, -0.1) is 10.2 Å². The minimum Gasteiger partial charge on any atom is -0.264 e. The molecule has 0 fully saturated rings. The van der Waals surface area contributed by atoms with Crippen molar-refractivity contribution in [1.29, 1.82) is 0 Å². The predicted molar refractivity (Wildman–Crippen MR) is 119 cm³/mol. The van der Waals surface area contributed by atoms with Crippen LogP contribution in [0.2, 0.25) is 0 Å². The van der Waals surface area contributed by atoms with Crippen LogP contribution in [0, 0.1) is 0 Å². The summed E-state index contributed by atoms with van der Waals surface area (Å²) in [5, 5.41) is 19.1. The molecule has 3 aromatic heterocycles. The summed E-state index contributed by atoms with van der Waals surface area (Å²) >= 11 is 0. The lowest BCUT2D eigenvalue weighted by atomic mass is 9.99. The van der Waals surface area contributed by atoms with Crippen LogP contribution >= 0.6 is 0 Å². The van der Waals surface area contributed by atoms with Gasteiger partial charge in [-0.1, -0.05) is 51.0 Å². The fraction of sp³-hybridized carbons (Fsp3) is 0.391. The molecule has 0 atom stereocenters. The number of tetrazole rings is 1. The third-order valence-corrected chi connectivity index (χ3v) is 5.27. The minimum atomic E-state index is 0.538. The van der Waals surface area contributed by atoms with Crippen molar-refractivity contribution >= 4 is 0 Å². The van der Waals surface area contributed by atoms with Gasteiger partial charge in [-0.05, 0) is 40.8 Å². The molecule has 31 heavy (non-hydrogen) atoms. The topological polar surface area (TPSA) is 98.1 Å². The van der Waals surface area contributed by atoms with Crippen LogP contribution in [0.3, 0.4) is 0 Å². The summed E-state index contributed by atoms with van der Waals surface area (Å²) < 4.78 is 2.10. The second-order valence-electron chi connectivity index (χ2n) is 7.65. The molecule has 0 aliphatic rings. The van der Waals surface area contributed by atoms with Crippen LogP contribution in [-0.2, 0) is 19.4 Å². The van der Waals surface area contributed by atoms with Crippen molar-refractivity contribution < 1.29 is 0 Å². The fourth-order valence-corrected chi connectivity index (χ4v) is 3.66. The number of nitrogens with zero attached hydrogens (tertiary/aromatic N) is 7.